The van der Waals surface area contributed by atoms with Crippen molar-refractivity contribution in [2.75, 3.05) is 0 Å². The van der Waals surface area contributed by atoms with Gasteiger partial charge in [0.1, 0.15) is 0 Å². The second-order valence-corrected chi connectivity index (χ2v) is 3.76. The van der Waals surface area contributed by atoms with Gasteiger partial charge in [0.15, 0.2) is 0 Å². The van der Waals surface area contributed by atoms with E-state index in [1.54, 1.807) is 20.8 Å². The van der Waals surface area contributed by atoms with Gasteiger partial charge in [-0.15, -0.1) is 6.58 Å². The molecule has 0 amide bonds. The number of aliphatic carboxylic acids is 1. The van der Waals surface area contributed by atoms with Crippen molar-refractivity contribution in [3.05, 3.63) is 12.2 Å². The number of allylic oxidation sites excluding steroid dienone is 1. The van der Waals surface area contributed by atoms with Crippen molar-refractivity contribution in [2.45, 2.75) is 34.6 Å². The van der Waals surface area contributed by atoms with Gasteiger partial charge in [-0.25, -0.2) is 0 Å². The lowest BCUT2D eigenvalue weighted by Crippen LogP contribution is -2.18. The Bertz CT molecular complexity index is 136. The van der Waals surface area contributed by atoms with Crippen LogP contribution in [0.4, 0.5) is 0 Å². The highest BCUT2D eigenvalue weighted by atomic mass is 16.4. The number of carboxylic acids is 1. The van der Waals surface area contributed by atoms with Gasteiger partial charge in [-0.3, -0.25) is 4.79 Å². The van der Waals surface area contributed by atoms with Gasteiger partial charge in [-0.1, -0.05) is 5.57 Å². The van der Waals surface area contributed by atoms with Crippen LogP contribution in [0.1, 0.15) is 34.6 Å². The van der Waals surface area contributed by atoms with Crippen molar-refractivity contribution >= 4 is 5.97 Å². The Labute approximate surface area is 68.9 Å². The predicted molar refractivity (Wildman–Crippen MR) is 47.6 cm³/mol. The lowest BCUT2D eigenvalue weighted by molar-refractivity contribution is -0.145. The van der Waals surface area contributed by atoms with E-state index in [2.05, 4.69) is 6.58 Å². The maximum Gasteiger partial charge on any atom is 0.308 e. The highest BCUT2D eigenvalue weighted by Gasteiger charge is 2.18. The standard InChI is InChI=1S/C5H10O2.C4H8/c1-5(2,3)4(6)7;1-4(2)3/h1-3H3,(H,6,7);1H2,2-3H3. The number of hydrogen-bond acceptors (Lipinski definition) is 1. The van der Waals surface area contributed by atoms with Gasteiger partial charge in [0.2, 0.25) is 0 Å². The molecule has 0 rings (SSSR count). The summed E-state index contributed by atoms with van der Waals surface area (Å²) in [4.78, 5) is 10.0. The Morgan fingerprint density at radius 3 is 1.36 bits per heavy atom. The second kappa shape index (κ2) is 4.94. The number of hydrogen-bond donors (Lipinski definition) is 1. The van der Waals surface area contributed by atoms with E-state index in [0.717, 1.165) is 0 Å². The fourth-order valence-corrected chi connectivity index (χ4v) is 0. The minimum Gasteiger partial charge on any atom is -0.481 e. The molecule has 0 aromatic rings. The fraction of sp³-hybridized carbons (Fsp3) is 0.667. The Balaban J connectivity index is 0. The van der Waals surface area contributed by atoms with Crippen LogP contribution in [-0.4, -0.2) is 11.1 Å². The van der Waals surface area contributed by atoms with Gasteiger partial charge in [0.25, 0.3) is 0 Å². The molecule has 0 saturated heterocycles. The summed E-state index contributed by atoms with van der Waals surface area (Å²) in [5.41, 5.74) is 0.583. The fourth-order valence-electron chi connectivity index (χ4n) is 0. The second-order valence-electron chi connectivity index (χ2n) is 3.76. The summed E-state index contributed by atoms with van der Waals surface area (Å²) in [6.45, 7) is 12.5. The molecule has 0 aliphatic heterocycles. The van der Waals surface area contributed by atoms with Crippen molar-refractivity contribution in [1.82, 2.24) is 0 Å². The molecule has 66 valence electrons. The Morgan fingerprint density at radius 2 is 1.36 bits per heavy atom. The largest absolute Gasteiger partial charge is 0.481 e. The maximum absolute atomic E-state index is 10.0. The number of carbonyl (C=O) groups is 1. The lowest BCUT2D eigenvalue weighted by Gasteiger charge is -2.08. The number of carboxylic acid groups (broad SMARTS) is 1. The summed E-state index contributed by atoms with van der Waals surface area (Å²) in [7, 11) is 0. The molecular formula is C9H18O2. The summed E-state index contributed by atoms with van der Waals surface area (Å²) < 4.78 is 0. The predicted octanol–water partition coefficient (Wildman–Crippen LogP) is 2.70. The van der Waals surface area contributed by atoms with Gasteiger partial charge in [-0.05, 0) is 34.6 Å². The van der Waals surface area contributed by atoms with Gasteiger partial charge in [0, 0.05) is 0 Å². The van der Waals surface area contributed by atoms with Gasteiger partial charge in [-0.2, -0.15) is 0 Å². The van der Waals surface area contributed by atoms with Crippen LogP contribution < -0.4 is 0 Å². The smallest absolute Gasteiger partial charge is 0.308 e. The lowest BCUT2D eigenvalue weighted by atomic mass is 9.98. The van der Waals surface area contributed by atoms with Crippen molar-refractivity contribution < 1.29 is 9.90 Å². The zero-order valence-corrected chi connectivity index (χ0v) is 8.06. The molecule has 2 nitrogen and oxygen atoms in total. The topological polar surface area (TPSA) is 37.3 Å². The van der Waals surface area contributed by atoms with E-state index < -0.39 is 11.4 Å². The molecule has 0 aliphatic carbocycles. The van der Waals surface area contributed by atoms with E-state index in [9.17, 15) is 4.79 Å². The first-order valence-corrected chi connectivity index (χ1v) is 3.53. The van der Waals surface area contributed by atoms with Crippen molar-refractivity contribution in [1.29, 1.82) is 0 Å². The molecule has 11 heavy (non-hydrogen) atoms. The maximum atomic E-state index is 10.0. The van der Waals surface area contributed by atoms with E-state index in [-0.39, 0.29) is 0 Å². The van der Waals surface area contributed by atoms with E-state index in [4.69, 9.17) is 5.11 Å². The highest BCUT2D eigenvalue weighted by molar-refractivity contribution is 5.72. The summed E-state index contributed by atoms with van der Waals surface area (Å²) in [5, 5.41) is 8.25. The first-order valence-electron chi connectivity index (χ1n) is 3.53. The molecule has 0 atom stereocenters. The van der Waals surface area contributed by atoms with Gasteiger partial charge < -0.3 is 5.11 Å². The molecule has 0 fully saturated rings. The van der Waals surface area contributed by atoms with Crippen molar-refractivity contribution in [3.63, 3.8) is 0 Å². The Morgan fingerprint density at radius 1 is 1.27 bits per heavy atom. The minimum atomic E-state index is -0.757. The van der Waals surface area contributed by atoms with E-state index in [1.165, 1.54) is 5.57 Å². The van der Waals surface area contributed by atoms with Crippen LogP contribution in [0.5, 0.6) is 0 Å². The zero-order chi connectivity index (χ0) is 9.65. The number of rotatable bonds is 0. The van der Waals surface area contributed by atoms with Crippen LogP contribution in [0.3, 0.4) is 0 Å². The molecule has 0 aliphatic rings. The van der Waals surface area contributed by atoms with Crippen LogP contribution in [-0.2, 0) is 4.79 Å². The van der Waals surface area contributed by atoms with Crippen LogP contribution >= 0.6 is 0 Å². The third kappa shape index (κ3) is 17.6. The molecule has 0 aromatic carbocycles. The van der Waals surface area contributed by atoms with E-state index in [0.29, 0.717) is 0 Å². The molecular weight excluding hydrogens is 140 g/mol. The molecule has 0 aromatic heterocycles. The molecule has 1 N–H and O–H groups in total. The van der Waals surface area contributed by atoms with Gasteiger partial charge in [0.05, 0.1) is 5.41 Å². The van der Waals surface area contributed by atoms with Crippen molar-refractivity contribution in [2.24, 2.45) is 5.41 Å². The van der Waals surface area contributed by atoms with Crippen molar-refractivity contribution in [3.8, 4) is 0 Å². The van der Waals surface area contributed by atoms with E-state index >= 15 is 0 Å². The van der Waals surface area contributed by atoms with Crippen LogP contribution in [0.2, 0.25) is 0 Å². The third-order valence-electron chi connectivity index (χ3n) is 0.642. The monoisotopic (exact) mass is 158 g/mol. The minimum absolute atomic E-state index is 0.583. The highest BCUT2D eigenvalue weighted by Crippen LogP contribution is 2.11. The molecule has 0 heterocycles. The quantitative estimate of drug-likeness (QED) is 0.550. The molecule has 0 radical (unpaired) electrons. The van der Waals surface area contributed by atoms with Gasteiger partial charge >= 0.3 is 5.97 Å². The van der Waals surface area contributed by atoms with Crippen LogP contribution in [0, 0.1) is 5.41 Å². The molecule has 0 spiro atoms. The average molecular weight is 158 g/mol. The summed E-state index contributed by atoms with van der Waals surface area (Å²) in [5.74, 6) is -0.757. The normalized spacial score (nSPS) is 9.55. The Kier molecular flexibility index (Phi) is 5.77. The first-order chi connectivity index (χ1) is 4.68. The summed E-state index contributed by atoms with van der Waals surface area (Å²) in [6, 6.07) is 0. The molecule has 0 saturated carbocycles. The zero-order valence-electron chi connectivity index (χ0n) is 8.06. The third-order valence-corrected chi connectivity index (χ3v) is 0.642. The summed E-state index contributed by atoms with van der Waals surface area (Å²) in [6.07, 6.45) is 0. The molecule has 0 unspecified atom stereocenters. The Hall–Kier alpha value is -0.790. The van der Waals surface area contributed by atoms with Crippen LogP contribution in [0.25, 0.3) is 0 Å². The van der Waals surface area contributed by atoms with Crippen LogP contribution in [0.15, 0.2) is 12.2 Å². The summed E-state index contributed by atoms with van der Waals surface area (Å²) >= 11 is 0. The molecule has 0 bridgehead atoms. The first kappa shape index (κ1) is 12.8. The molecule has 2 heteroatoms. The van der Waals surface area contributed by atoms with E-state index in [1.807, 2.05) is 13.8 Å². The average Bonchev–Trinajstić information content (AvgIpc) is 1.59. The SMILES string of the molecule is C=C(C)C.CC(C)(C)C(=O)O.